The number of nitriles is 1. The summed E-state index contributed by atoms with van der Waals surface area (Å²) in [6.07, 6.45) is 0. The molecule has 1 aromatic heterocycles. The molecule has 0 atom stereocenters. The highest BCUT2D eigenvalue weighted by atomic mass is 19.1. The van der Waals surface area contributed by atoms with E-state index in [0.717, 1.165) is 43.0 Å². The van der Waals surface area contributed by atoms with Crippen molar-refractivity contribution in [2.45, 2.75) is 20.4 Å². The van der Waals surface area contributed by atoms with Gasteiger partial charge in [-0.2, -0.15) is 5.26 Å². The molecule has 0 unspecified atom stereocenters. The number of nitrogens with zero attached hydrogens (tertiary/aromatic N) is 4. The predicted octanol–water partition coefficient (Wildman–Crippen LogP) is 3.92. The number of benzene rings is 2. The van der Waals surface area contributed by atoms with Gasteiger partial charge in [-0.05, 0) is 49.2 Å². The number of para-hydroxylation sites is 1. The largest absolute Gasteiger partial charge is 0.369 e. The first-order chi connectivity index (χ1) is 16.0. The highest BCUT2D eigenvalue weighted by molar-refractivity contribution is 5.93. The van der Waals surface area contributed by atoms with Crippen molar-refractivity contribution in [1.29, 1.82) is 5.26 Å². The molecule has 7 heteroatoms. The standard InChI is InChI=1S/C26H28FN5O/c1-19-20(2)32(17-21-8-10-22(27)11-9-21)26(24(19)16-28)29-25(33)18-30-12-14-31(15-13-30)23-6-4-3-5-7-23/h3-11H,12-15,17-18H2,1-2H3,(H,29,33). The molecular formula is C26H28FN5O. The minimum atomic E-state index is -0.294. The lowest BCUT2D eigenvalue weighted by Crippen LogP contribution is -2.48. The van der Waals surface area contributed by atoms with E-state index in [1.165, 1.54) is 17.8 Å². The number of hydrogen-bond acceptors (Lipinski definition) is 4. The summed E-state index contributed by atoms with van der Waals surface area (Å²) >= 11 is 0. The van der Waals surface area contributed by atoms with Crippen LogP contribution in [0.4, 0.5) is 15.9 Å². The third-order valence-corrected chi connectivity index (χ3v) is 6.31. The lowest BCUT2D eigenvalue weighted by molar-refractivity contribution is -0.117. The first kappa shape index (κ1) is 22.6. The molecule has 4 rings (SSSR count). The maximum Gasteiger partial charge on any atom is 0.239 e. The van der Waals surface area contributed by atoms with Crippen LogP contribution in [0.5, 0.6) is 0 Å². The Morgan fingerprint density at radius 1 is 1.03 bits per heavy atom. The second kappa shape index (κ2) is 9.88. The highest BCUT2D eigenvalue weighted by Gasteiger charge is 2.23. The van der Waals surface area contributed by atoms with Gasteiger partial charge in [0.2, 0.25) is 5.91 Å². The molecule has 1 saturated heterocycles. The van der Waals surface area contributed by atoms with Gasteiger partial charge in [0.15, 0.2) is 0 Å². The number of carbonyl (C=O) groups excluding carboxylic acids is 1. The summed E-state index contributed by atoms with van der Waals surface area (Å²) in [6, 6.07) is 18.8. The number of hydrogen-bond donors (Lipinski definition) is 1. The molecule has 0 spiro atoms. The molecule has 1 amide bonds. The summed E-state index contributed by atoms with van der Waals surface area (Å²) in [5.41, 5.74) is 4.31. The smallest absolute Gasteiger partial charge is 0.239 e. The van der Waals surface area contributed by atoms with Crippen LogP contribution in [0.15, 0.2) is 54.6 Å². The molecule has 2 heterocycles. The fourth-order valence-corrected chi connectivity index (χ4v) is 4.28. The monoisotopic (exact) mass is 445 g/mol. The van der Waals surface area contributed by atoms with Crippen LogP contribution >= 0.6 is 0 Å². The normalized spacial score (nSPS) is 14.2. The number of amides is 1. The highest BCUT2D eigenvalue weighted by Crippen LogP contribution is 2.27. The Morgan fingerprint density at radius 2 is 1.70 bits per heavy atom. The molecular weight excluding hydrogens is 417 g/mol. The van der Waals surface area contributed by atoms with Crippen LogP contribution in [0.3, 0.4) is 0 Å². The van der Waals surface area contributed by atoms with Crippen LogP contribution in [0.1, 0.15) is 22.4 Å². The fraction of sp³-hybridized carbons (Fsp3) is 0.308. The van der Waals surface area contributed by atoms with Crippen molar-refractivity contribution in [3.05, 3.63) is 82.8 Å². The lowest BCUT2D eigenvalue weighted by atomic mass is 10.2. The zero-order valence-electron chi connectivity index (χ0n) is 19.0. The number of halogens is 1. The van der Waals surface area contributed by atoms with E-state index in [0.29, 0.717) is 17.9 Å². The quantitative estimate of drug-likeness (QED) is 0.625. The molecule has 0 aliphatic carbocycles. The zero-order chi connectivity index (χ0) is 23.4. The number of anilines is 2. The van der Waals surface area contributed by atoms with E-state index in [1.807, 2.05) is 36.6 Å². The van der Waals surface area contributed by atoms with E-state index in [1.54, 1.807) is 12.1 Å². The summed E-state index contributed by atoms with van der Waals surface area (Å²) in [6.45, 7) is 7.84. The average Bonchev–Trinajstić information content (AvgIpc) is 3.05. The van der Waals surface area contributed by atoms with E-state index in [2.05, 4.69) is 33.3 Å². The number of carbonyl (C=O) groups is 1. The van der Waals surface area contributed by atoms with E-state index in [4.69, 9.17) is 0 Å². The van der Waals surface area contributed by atoms with Gasteiger partial charge >= 0.3 is 0 Å². The van der Waals surface area contributed by atoms with Crippen LogP contribution in [0, 0.1) is 31.0 Å². The molecule has 0 radical (unpaired) electrons. The van der Waals surface area contributed by atoms with E-state index in [9.17, 15) is 14.4 Å². The Hall–Kier alpha value is -3.63. The van der Waals surface area contributed by atoms with Crippen LogP contribution < -0.4 is 10.2 Å². The van der Waals surface area contributed by atoms with Gasteiger partial charge in [-0.25, -0.2) is 4.39 Å². The third kappa shape index (κ3) is 5.07. The number of nitrogens with one attached hydrogen (secondary N) is 1. The fourth-order valence-electron chi connectivity index (χ4n) is 4.28. The topological polar surface area (TPSA) is 64.3 Å². The van der Waals surface area contributed by atoms with Gasteiger partial charge in [-0.3, -0.25) is 9.69 Å². The molecule has 1 fully saturated rings. The lowest BCUT2D eigenvalue weighted by Gasteiger charge is -2.35. The zero-order valence-corrected chi connectivity index (χ0v) is 19.0. The van der Waals surface area contributed by atoms with Crippen molar-refractivity contribution in [2.24, 2.45) is 0 Å². The third-order valence-electron chi connectivity index (χ3n) is 6.31. The number of aromatic nitrogens is 1. The summed E-state index contributed by atoms with van der Waals surface area (Å²) in [4.78, 5) is 17.4. The van der Waals surface area contributed by atoms with Crippen LogP contribution in [0.2, 0.25) is 0 Å². The van der Waals surface area contributed by atoms with Gasteiger partial charge < -0.3 is 14.8 Å². The Morgan fingerprint density at radius 3 is 2.33 bits per heavy atom. The molecule has 6 nitrogen and oxygen atoms in total. The Kier molecular flexibility index (Phi) is 6.76. The molecule has 3 aromatic rings. The second-order valence-electron chi connectivity index (χ2n) is 8.41. The van der Waals surface area contributed by atoms with Gasteiger partial charge in [0.05, 0.1) is 12.1 Å². The Labute approximate surface area is 193 Å². The SMILES string of the molecule is Cc1c(C#N)c(NC(=O)CN2CCN(c3ccccc3)CC2)n(Cc2ccc(F)cc2)c1C. The van der Waals surface area contributed by atoms with Gasteiger partial charge in [-0.15, -0.1) is 0 Å². The molecule has 33 heavy (non-hydrogen) atoms. The van der Waals surface area contributed by atoms with Gasteiger partial charge in [0.25, 0.3) is 0 Å². The first-order valence-corrected chi connectivity index (χ1v) is 11.1. The van der Waals surface area contributed by atoms with Gasteiger partial charge in [-0.1, -0.05) is 30.3 Å². The molecule has 1 aliphatic rings. The number of rotatable bonds is 6. The van der Waals surface area contributed by atoms with Gasteiger partial charge in [0, 0.05) is 44.1 Å². The minimum absolute atomic E-state index is 0.141. The predicted molar refractivity (Wildman–Crippen MR) is 128 cm³/mol. The first-order valence-electron chi connectivity index (χ1n) is 11.1. The van der Waals surface area contributed by atoms with Crippen molar-refractivity contribution in [2.75, 3.05) is 42.9 Å². The van der Waals surface area contributed by atoms with Gasteiger partial charge in [0.1, 0.15) is 17.7 Å². The van der Waals surface area contributed by atoms with Crippen LogP contribution in [-0.4, -0.2) is 48.1 Å². The maximum absolute atomic E-state index is 13.3. The van der Waals surface area contributed by atoms with E-state index in [-0.39, 0.29) is 18.3 Å². The molecule has 1 N–H and O–H groups in total. The van der Waals surface area contributed by atoms with Crippen LogP contribution in [0.25, 0.3) is 0 Å². The number of piperazine rings is 1. The minimum Gasteiger partial charge on any atom is -0.369 e. The maximum atomic E-state index is 13.3. The van der Waals surface area contributed by atoms with Crippen molar-refractivity contribution < 1.29 is 9.18 Å². The Bertz CT molecular complexity index is 1160. The van der Waals surface area contributed by atoms with Crippen molar-refractivity contribution in [3.63, 3.8) is 0 Å². The summed E-state index contributed by atoms with van der Waals surface area (Å²) in [5.74, 6) is 0.0695. The molecule has 0 saturated carbocycles. The summed E-state index contributed by atoms with van der Waals surface area (Å²) in [7, 11) is 0. The summed E-state index contributed by atoms with van der Waals surface area (Å²) in [5, 5.41) is 12.7. The Balaban J connectivity index is 1.44. The van der Waals surface area contributed by atoms with Crippen molar-refractivity contribution >= 4 is 17.4 Å². The average molecular weight is 446 g/mol. The molecule has 0 bridgehead atoms. The molecule has 2 aromatic carbocycles. The molecule has 170 valence electrons. The van der Waals surface area contributed by atoms with Crippen molar-refractivity contribution in [3.8, 4) is 6.07 Å². The second-order valence-corrected chi connectivity index (χ2v) is 8.41. The van der Waals surface area contributed by atoms with Crippen LogP contribution in [-0.2, 0) is 11.3 Å². The molecule has 1 aliphatic heterocycles. The van der Waals surface area contributed by atoms with E-state index < -0.39 is 0 Å². The van der Waals surface area contributed by atoms with E-state index >= 15 is 0 Å². The van der Waals surface area contributed by atoms with Crippen molar-refractivity contribution in [1.82, 2.24) is 9.47 Å². The summed E-state index contributed by atoms with van der Waals surface area (Å²) < 4.78 is 15.2.